The summed E-state index contributed by atoms with van der Waals surface area (Å²) in [6, 6.07) is 6.18. The van der Waals surface area contributed by atoms with Crippen molar-refractivity contribution in [3.8, 4) is 10.4 Å². The summed E-state index contributed by atoms with van der Waals surface area (Å²) < 4.78 is 5.81. The average molecular weight is 354 g/mol. The number of methoxy groups -OCH3 is 1. The lowest BCUT2D eigenvalue weighted by molar-refractivity contribution is 0.0607. The van der Waals surface area contributed by atoms with Crippen LogP contribution in [0.2, 0.25) is 0 Å². The maximum Gasteiger partial charge on any atom is 0.350 e. The Kier molecular flexibility index (Phi) is 4.50. The summed E-state index contributed by atoms with van der Waals surface area (Å²) in [5.74, 6) is -0.375. The smallest absolute Gasteiger partial charge is 0.350 e. The highest BCUT2D eigenvalue weighted by Gasteiger charge is 2.21. The van der Waals surface area contributed by atoms with Crippen LogP contribution in [0.25, 0.3) is 10.4 Å². The molecule has 3 nitrogen and oxygen atoms in total. The molecule has 0 saturated carbocycles. The van der Waals surface area contributed by atoms with E-state index in [0.717, 1.165) is 32.5 Å². The number of nitrogens with two attached hydrogens (primary N) is 1. The summed E-state index contributed by atoms with van der Waals surface area (Å²) in [6.07, 6.45) is 0.778. The maximum atomic E-state index is 11.8. The number of hydrogen-bond donors (Lipinski definition) is 1. The van der Waals surface area contributed by atoms with Crippen molar-refractivity contribution in [2.24, 2.45) is 0 Å². The number of thiophene rings is 1. The number of anilines is 1. The largest absolute Gasteiger partial charge is 0.465 e. The Morgan fingerprint density at radius 2 is 2.10 bits per heavy atom. The van der Waals surface area contributed by atoms with Gasteiger partial charge >= 0.3 is 5.97 Å². The van der Waals surface area contributed by atoms with Crippen LogP contribution in [0.4, 0.5) is 5.69 Å². The van der Waals surface area contributed by atoms with E-state index >= 15 is 0 Å². The lowest BCUT2D eigenvalue weighted by Crippen LogP contribution is -2.02. The van der Waals surface area contributed by atoms with Crippen molar-refractivity contribution in [1.82, 2.24) is 0 Å². The second-order valence-electron chi connectivity index (χ2n) is 4.51. The van der Waals surface area contributed by atoms with Crippen LogP contribution in [0.15, 0.2) is 22.7 Å². The predicted octanol–water partition coefficient (Wildman–Crippen LogP) is 4.42. The summed E-state index contributed by atoms with van der Waals surface area (Å²) >= 11 is 4.90. The number of rotatable bonds is 3. The molecule has 0 spiro atoms. The van der Waals surface area contributed by atoms with E-state index in [4.69, 9.17) is 10.5 Å². The van der Waals surface area contributed by atoms with Crippen molar-refractivity contribution >= 4 is 38.9 Å². The van der Waals surface area contributed by atoms with Crippen molar-refractivity contribution < 1.29 is 9.53 Å². The normalized spacial score (nSPS) is 10.6. The minimum absolute atomic E-state index is 0.375. The highest BCUT2D eigenvalue weighted by Crippen LogP contribution is 2.40. The average Bonchev–Trinajstić information content (AvgIpc) is 2.73. The Hall–Kier alpha value is -1.33. The van der Waals surface area contributed by atoms with Gasteiger partial charge in [-0.1, -0.05) is 28.9 Å². The number of carbonyl (C=O) groups is 1. The molecule has 0 atom stereocenters. The molecule has 20 heavy (non-hydrogen) atoms. The zero-order valence-corrected chi connectivity index (χ0v) is 14.0. The fourth-order valence-corrected chi connectivity index (χ4v) is 4.00. The number of halogens is 1. The molecule has 1 aromatic heterocycles. The first-order valence-electron chi connectivity index (χ1n) is 6.25. The molecule has 0 amide bonds. The Labute approximate surface area is 130 Å². The maximum absolute atomic E-state index is 11.8. The first-order chi connectivity index (χ1) is 9.47. The van der Waals surface area contributed by atoms with Crippen LogP contribution >= 0.6 is 27.3 Å². The van der Waals surface area contributed by atoms with Crippen LogP contribution < -0.4 is 5.73 Å². The zero-order chi connectivity index (χ0) is 14.9. The van der Waals surface area contributed by atoms with E-state index in [9.17, 15) is 4.79 Å². The molecular weight excluding hydrogens is 338 g/mol. The first-order valence-corrected chi connectivity index (χ1v) is 7.85. The van der Waals surface area contributed by atoms with Crippen molar-refractivity contribution in [3.05, 3.63) is 38.7 Å². The third-order valence-corrected chi connectivity index (χ3v) is 4.81. The highest BCUT2D eigenvalue weighted by atomic mass is 79.9. The topological polar surface area (TPSA) is 52.3 Å². The Balaban J connectivity index is 2.64. The lowest BCUT2D eigenvalue weighted by atomic mass is 10.0. The first kappa shape index (κ1) is 15.1. The van der Waals surface area contributed by atoms with Gasteiger partial charge in [-0.15, -0.1) is 11.3 Å². The van der Waals surface area contributed by atoms with E-state index in [1.54, 1.807) is 0 Å². The third-order valence-electron chi connectivity index (χ3n) is 3.08. The fourth-order valence-electron chi connectivity index (χ4n) is 2.17. The van der Waals surface area contributed by atoms with Crippen molar-refractivity contribution in [1.29, 1.82) is 0 Å². The van der Waals surface area contributed by atoms with Gasteiger partial charge in [0.05, 0.1) is 12.8 Å². The number of nitrogen functional groups attached to an aromatic ring is 1. The van der Waals surface area contributed by atoms with E-state index in [2.05, 4.69) is 22.0 Å². The number of esters is 1. The number of ether oxygens (including phenoxy) is 1. The standard InChI is InChI=1S/C15H16BrNO2S/c1-4-11-12(17)14(15(18)19-3)20-13(11)9-5-8(2)6-10(16)7-9/h5-7H,4,17H2,1-3H3. The molecule has 0 bridgehead atoms. The number of aryl methyl sites for hydroxylation is 1. The SMILES string of the molecule is CCc1c(-c2cc(C)cc(Br)c2)sc(C(=O)OC)c1N. The number of hydrogen-bond acceptors (Lipinski definition) is 4. The summed E-state index contributed by atoms with van der Waals surface area (Å²) in [7, 11) is 1.37. The molecule has 0 fully saturated rings. The Morgan fingerprint density at radius 1 is 1.40 bits per heavy atom. The quantitative estimate of drug-likeness (QED) is 0.831. The van der Waals surface area contributed by atoms with Gasteiger partial charge in [0.15, 0.2) is 0 Å². The molecule has 0 radical (unpaired) electrons. The number of carbonyl (C=O) groups excluding carboxylic acids is 1. The molecule has 0 aliphatic heterocycles. The van der Waals surface area contributed by atoms with Gasteiger partial charge in [0.2, 0.25) is 0 Å². The minimum atomic E-state index is -0.375. The molecule has 5 heteroatoms. The van der Waals surface area contributed by atoms with Gasteiger partial charge in [-0.2, -0.15) is 0 Å². The second kappa shape index (κ2) is 5.97. The Bertz CT molecular complexity index is 644. The monoisotopic (exact) mass is 353 g/mol. The van der Waals surface area contributed by atoms with E-state index in [1.807, 2.05) is 26.0 Å². The summed E-state index contributed by atoms with van der Waals surface area (Å²) in [5, 5.41) is 0. The van der Waals surface area contributed by atoms with E-state index < -0.39 is 0 Å². The molecule has 1 aromatic carbocycles. The van der Waals surface area contributed by atoms with Crippen LogP contribution in [-0.4, -0.2) is 13.1 Å². The van der Waals surface area contributed by atoms with Gasteiger partial charge in [0.1, 0.15) is 4.88 Å². The molecule has 2 rings (SSSR count). The van der Waals surface area contributed by atoms with Crippen LogP contribution in [-0.2, 0) is 11.2 Å². The van der Waals surface area contributed by atoms with Gasteiger partial charge in [-0.05, 0) is 42.2 Å². The fraction of sp³-hybridized carbons (Fsp3) is 0.267. The molecule has 2 aromatic rings. The van der Waals surface area contributed by atoms with Gasteiger partial charge in [0, 0.05) is 9.35 Å². The van der Waals surface area contributed by atoms with E-state index in [0.29, 0.717) is 10.6 Å². The summed E-state index contributed by atoms with van der Waals surface area (Å²) in [6.45, 7) is 4.08. The van der Waals surface area contributed by atoms with Crippen molar-refractivity contribution in [3.63, 3.8) is 0 Å². The lowest BCUT2D eigenvalue weighted by Gasteiger charge is -2.05. The minimum Gasteiger partial charge on any atom is -0.465 e. The van der Waals surface area contributed by atoms with E-state index in [1.165, 1.54) is 18.4 Å². The van der Waals surface area contributed by atoms with Crippen molar-refractivity contribution in [2.75, 3.05) is 12.8 Å². The van der Waals surface area contributed by atoms with Gasteiger partial charge < -0.3 is 10.5 Å². The molecule has 0 aliphatic carbocycles. The van der Waals surface area contributed by atoms with Gasteiger partial charge in [-0.25, -0.2) is 4.79 Å². The number of benzene rings is 1. The second-order valence-corrected chi connectivity index (χ2v) is 6.45. The predicted molar refractivity (Wildman–Crippen MR) is 87.3 cm³/mol. The Morgan fingerprint density at radius 3 is 2.65 bits per heavy atom. The molecule has 0 saturated heterocycles. The van der Waals surface area contributed by atoms with Crippen LogP contribution in [0, 0.1) is 6.92 Å². The highest BCUT2D eigenvalue weighted by molar-refractivity contribution is 9.10. The van der Waals surface area contributed by atoms with Gasteiger partial charge in [0.25, 0.3) is 0 Å². The molecule has 1 heterocycles. The molecule has 106 valence electrons. The zero-order valence-electron chi connectivity index (χ0n) is 11.6. The summed E-state index contributed by atoms with van der Waals surface area (Å²) in [4.78, 5) is 13.3. The summed E-state index contributed by atoms with van der Waals surface area (Å²) in [5.41, 5.74) is 9.87. The van der Waals surface area contributed by atoms with Crippen LogP contribution in [0.3, 0.4) is 0 Å². The van der Waals surface area contributed by atoms with Crippen LogP contribution in [0.5, 0.6) is 0 Å². The molecule has 0 unspecified atom stereocenters. The van der Waals surface area contributed by atoms with Crippen LogP contribution in [0.1, 0.15) is 27.7 Å². The van der Waals surface area contributed by atoms with Crippen molar-refractivity contribution in [2.45, 2.75) is 20.3 Å². The molecular formula is C15H16BrNO2S. The van der Waals surface area contributed by atoms with Gasteiger partial charge in [-0.3, -0.25) is 0 Å². The van der Waals surface area contributed by atoms with E-state index in [-0.39, 0.29) is 5.97 Å². The third kappa shape index (κ3) is 2.74. The molecule has 0 aliphatic rings. The molecule has 2 N–H and O–H groups in total.